The summed E-state index contributed by atoms with van der Waals surface area (Å²) in [5, 5.41) is 2.71. The third kappa shape index (κ3) is 6.09. The number of carbonyl (C=O) groups excluding carboxylic acids is 3. The van der Waals surface area contributed by atoms with E-state index < -0.39 is 29.7 Å². The van der Waals surface area contributed by atoms with Gasteiger partial charge in [-0.15, -0.1) is 0 Å². The van der Waals surface area contributed by atoms with Crippen LogP contribution in [0.1, 0.15) is 60.9 Å². The molecule has 0 fully saturated rings. The van der Waals surface area contributed by atoms with Crippen LogP contribution in [0.2, 0.25) is 0 Å². The van der Waals surface area contributed by atoms with Crippen molar-refractivity contribution in [1.82, 2.24) is 14.7 Å². The van der Waals surface area contributed by atoms with Gasteiger partial charge in [-0.25, -0.2) is 19.4 Å². The first kappa shape index (κ1) is 27.9. The highest BCUT2D eigenvalue weighted by molar-refractivity contribution is 5.88. The average Bonchev–Trinajstić information content (AvgIpc) is 3.51. The van der Waals surface area contributed by atoms with Crippen LogP contribution in [0.3, 0.4) is 0 Å². The molecule has 212 valence electrons. The second kappa shape index (κ2) is 11.4. The zero-order chi connectivity index (χ0) is 29.1. The van der Waals surface area contributed by atoms with Gasteiger partial charge in [-0.1, -0.05) is 54.6 Å². The Bertz CT molecular complexity index is 1560. The Morgan fingerprint density at radius 3 is 2.22 bits per heavy atom. The van der Waals surface area contributed by atoms with Crippen LogP contribution in [0.25, 0.3) is 16.8 Å². The van der Waals surface area contributed by atoms with Gasteiger partial charge in [0.05, 0.1) is 6.61 Å². The number of fused-ring (bicyclic) bond motifs is 4. The molecular weight excluding hydrogens is 522 g/mol. The fourth-order valence-corrected chi connectivity index (χ4v) is 5.10. The Morgan fingerprint density at radius 1 is 0.927 bits per heavy atom. The number of benzene rings is 2. The number of aromatic nitrogens is 2. The van der Waals surface area contributed by atoms with Crippen LogP contribution in [0.15, 0.2) is 72.9 Å². The Labute approximate surface area is 238 Å². The molecule has 0 aliphatic heterocycles. The maximum absolute atomic E-state index is 13.2. The van der Waals surface area contributed by atoms with Gasteiger partial charge in [-0.3, -0.25) is 0 Å². The molecule has 1 aliphatic carbocycles. The van der Waals surface area contributed by atoms with E-state index in [9.17, 15) is 14.4 Å². The molecule has 41 heavy (non-hydrogen) atoms. The van der Waals surface area contributed by atoms with Crippen molar-refractivity contribution in [3.8, 4) is 11.1 Å². The van der Waals surface area contributed by atoms with Crippen molar-refractivity contribution in [2.45, 2.75) is 51.7 Å². The van der Waals surface area contributed by atoms with Crippen LogP contribution in [-0.2, 0) is 25.4 Å². The third-order valence-corrected chi connectivity index (χ3v) is 6.80. The second-order valence-corrected chi connectivity index (χ2v) is 10.9. The van der Waals surface area contributed by atoms with E-state index in [1.807, 2.05) is 36.4 Å². The van der Waals surface area contributed by atoms with E-state index in [2.05, 4.69) is 22.4 Å². The lowest BCUT2D eigenvalue weighted by molar-refractivity contribution is -0.157. The number of pyridine rings is 1. The summed E-state index contributed by atoms with van der Waals surface area (Å²) < 4.78 is 18.1. The summed E-state index contributed by atoms with van der Waals surface area (Å²) in [6, 6.07) is 20.4. The minimum Gasteiger partial charge on any atom is -0.461 e. The Morgan fingerprint density at radius 2 is 1.59 bits per heavy atom. The molecule has 0 saturated heterocycles. The number of carbonyl (C=O) groups is 3. The summed E-state index contributed by atoms with van der Waals surface area (Å²) in [5.74, 6) is -1.26. The van der Waals surface area contributed by atoms with Crippen molar-refractivity contribution in [2.24, 2.45) is 0 Å². The largest absolute Gasteiger partial charge is 0.461 e. The number of alkyl carbamates (subject to hydrolysis) is 1. The average molecular weight is 556 g/mol. The summed E-state index contributed by atoms with van der Waals surface area (Å²) in [7, 11) is 0. The highest BCUT2D eigenvalue weighted by Crippen LogP contribution is 2.44. The minimum absolute atomic E-state index is 0.0784. The molecule has 2 aromatic carbocycles. The molecule has 4 aromatic rings. The molecule has 5 rings (SSSR count). The van der Waals surface area contributed by atoms with E-state index in [0.29, 0.717) is 11.3 Å². The SMILES string of the molecule is CCOC(=O)c1cn2c(C[C@H](NC(=O)OCC3c4ccccc4-c4ccccc43)C(=O)OC(C)(C)C)cccc2n1. The summed E-state index contributed by atoms with van der Waals surface area (Å²) >= 11 is 0. The van der Waals surface area contributed by atoms with Crippen LogP contribution in [0, 0.1) is 0 Å². The second-order valence-electron chi connectivity index (χ2n) is 10.9. The number of ether oxygens (including phenoxy) is 3. The Kier molecular flexibility index (Phi) is 7.79. The summed E-state index contributed by atoms with van der Waals surface area (Å²) in [5.41, 5.74) is 4.96. The van der Waals surface area contributed by atoms with E-state index in [-0.39, 0.29) is 31.2 Å². The van der Waals surface area contributed by atoms with Gasteiger partial charge in [-0.2, -0.15) is 0 Å². The molecule has 9 nitrogen and oxygen atoms in total. The van der Waals surface area contributed by atoms with Crippen molar-refractivity contribution in [3.05, 3.63) is 95.4 Å². The highest BCUT2D eigenvalue weighted by atomic mass is 16.6. The number of imidazole rings is 1. The lowest BCUT2D eigenvalue weighted by atomic mass is 9.98. The molecule has 2 heterocycles. The van der Waals surface area contributed by atoms with Crippen LogP contribution in [-0.4, -0.2) is 52.3 Å². The molecule has 0 saturated carbocycles. The minimum atomic E-state index is -1.05. The van der Waals surface area contributed by atoms with Crippen molar-refractivity contribution in [1.29, 1.82) is 0 Å². The maximum atomic E-state index is 13.2. The normalized spacial score (nSPS) is 13.3. The summed E-state index contributed by atoms with van der Waals surface area (Å²) in [4.78, 5) is 42.9. The molecule has 0 radical (unpaired) electrons. The van der Waals surface area contributed by atoms with Crippen LogP contribution < -0.4 is 5.32 Å². The number of hydrogen-bond acceptors (Lipinski definition) is 7. The standard InChI is InChI=1S/C32H33N3O6/c1-5-39-29(36)27-18-35-20(11-10-16-28(35)33-27)17-26(30(37)41-32(2,3)4)34-31(38)40-19-25-23-14-8-6-12-21(23)22-13-7-9-15-24(22)25/h6-16,18,25-26H,5,17,19H2,1-4H3,(H,34,38)/t26-/m0/s1. The number of nitrogens with one attached hydrogen (secondary N) is 1. The Balaban J connectivity index is 1.35. The van der Waals surface area contributed by atoms with Gasteiger partial charge in [0, 0.05) is 24.2 Å². The van der Waals surface area contributed by atoms with Crippen molar-refractivity contribution in [3.63, 3.8) is 0 Å². The quantitative estimate of drug-likeness (QED) is 0.232. The topological polar surface area (TPSA) is 108 Å². The zero-order valence-corrected chi connectivity index (χ0v) is 23.5. The summed E-state index contributed by atoms with van der Waals surface area (Å²) in [6.07, 6.45) is 0.907. The van der Waals surface area contributed by atoms with E-state index in [4.69, 9.17) is 14.2 Å². The van der Waals surface area contributed by atoms with Crippen LogP contribution >= 0.6 is 0 Å². The van der Waals surface area contributed by atoms with E-state index >= 15 is 0 Å². The van der Waals surface area contributed by atoms with Gasteiger partial charge in [-0.05, 0) is 62.1 Å². The Hall–Kier alpha value is -4.66. The molecule has 2 aromatic heterocycles. The molecule has 1 aliphatic rings. The lowest BCUT2D eigenvalue weighted by Crippen LogP contribution is -2.46. The van der Waals surface area contributed by atoms with E-state index in [1.54, 1.807) is 56.5 Å². The molecule has 1 atom stereocenters. The highest BCUT2D eigenvalue weighted by Gasteiger charge is 2.31. The van der Waals surface area contributed by atoms with Gasteiger partial charge in [0.1, 0.15) is 23.9 Å². The predicted molar refractivity (Wildman–Crippen MR) is 153 cm³/mol. The lowest BCUT2D eigenvalue weighted by Gasteiger charge is -2.25. The fraction of sp³-hybridized carbons (Fsp3) is 0.312. The van der Waals surface area contributed by atoms with Gasteiger partial charge >= 0.3 is 18.0 Å². The van der Waals surface area contributed by atoms with E-state index in [0.717, 1.165) is 22.3 Å². The molecule has 0 spiro atoms. The van der Waals surface area contributed by atoms with Crippen molar-refractivity contribution < 1.29 is 28.6 Å². The van der Waals surface area contributed by atoms with Gasteiger partial charge in [0.25, 0.3) is 0 Å². The predicted octanol–water partition coefficient (Wildman–Crippen LogP) is 5.30. The van der Waals surface area contributed by atoms with Crippen molar-refractivity contribution >= 4 is 23.7 Å². The summed E-state index contributed by atoms with van der Waals surface area (Å²) in [6.45, 7) is 7.34. The molecule has 1 amide bonds. The van der Waals surface area contributed by atoms with Crippen molar-refractivity contribution in [2.75, 3.05) is 13.2 Å². The molecule has 0 unspecified atom stereocenters. The van der Waals surface area contributed by atoms with E-state index in [1.165, 1.54) is 0 Å². The van der Waals surface area contributed by atoms with Gasteiger partial charge in [0.2, 0.25) is 0 Å². The van der Waals surface area contributed by atoms with Crippen LogP contribution in [0.5, 0.6) is 0 Å². The van der Waals surface area contributed by atoms with Crippen LogP contribution in [0.4, 0.5) is 4.79 Å². The molecular formula is C32H33N3O6. The third-order valence-electron chi connectivity index (χ3n) is 6.80. The first-order valence-electron chi connectivity index (χ1n) is 13.6. The first-order valence-corrected chi connectivity index (χ1v) is 13.6. The number of amides is 1. The van der Waals surface area contributed by atoms with Gasteiger partial charge in [0.15, 0.2) is 5.69 Å². The number of esters is 2. The molecule has 9 heteroatoms. The van der Waals surface area contributed by atoms with Gasteiger partial charge < -0.3 is 23.9 Å². The fourth-order valence-electron chi connectivity index (χ4n) is 5.10. The zero-order valence-electron chi connectivity index (χ0n) is 23.5. The molecule has 1 N–H and O–H groups in total. The number of rotatable bonds is 8. The maximum Gasteiger partial charge on any atom is 0.407 e. The molecule has 0 bridgehead atoms. The number of hydrogen-bond donors (Lipinski definition) is 1. The first-order chi connectivity index (χ1) is 19.6. The monoisotopic (exact) mass is 555 g/mol. The smallest absolute Gasteiger partial charge is 0.407 e. The number of nitrogens with zero attached hydrogens (tertiary/aromatic N) is 2.